The molecule has 139 heavy (non-hydrogen) atoms. The molecule has 7 aromatic rings. The van der Waals surface area contributed by atoms with Crippen molar-refractivity contribution in [1.29, 1.82) is 0 Å². The number of hydrogen-bond donors (Lipinski definition) is 0. The van der Waals surface area contributed by atoms with Crippen LogP contribution < -0.4 is 9.97 Å². The summed E-state index contributed by atoms with van der Waals surface area (Å²) < 4.78 is 270. The molecule has 0 spiro atoms. The van der Waals surface area contributed by atoms with Crippen molar-refractivity contribution in [2.75, 3.05) is 128 Å². The molecule has 0 fully saturated rings. The molecule has 765 valence electrons. The Hall–Kier alpha value is -10.3. The number of methoxy groups -OCH3 is 3. The fraction of sp³-hybridized carbons (Fsp3) is 0.512. The van der Waals surface area contributed by atoms with Crippen molar-refractivity contribution in [2.45, 2.75) is 174 Å². The number of ether oxygens (including phenoxy) is 8. The maximum absolute atomic E-state index is 14.7. The molecule has 3 aromatic heterocycles. The van der Waals surface area contributed by atoms with Gasteiger partial charge in [-0.05, 0) is 147 Å². The molecule has 2 aliphatic rings. The van der Waals surface area contributed by atoms with Crippen molar-refractivity contribution in [3.05, 3.63) is 85.5 Å². The first-order chi connectivity index (χ1) is 64.9. The van der Waals surface area contributed by atoms with Crippen LogP contribution >= 0.6 is 0 Å². The zero-order valence-electron chi connectivity index (χ0n) is 78.0. The number of aromatic nitrogens is 8. The maximum Gasteiger partial charge on any atom is 2.00 e. The molecular weight excluding hydrogens is 2030 g/mol. The van der Waals surface area contributed by atoms with Crippen LogP contribution in [0.15, 0.2) is 105 Å². The van der Waals surface area contributed by atoms with Crippen LogP contribution in [-0.4, -0.2) is 315 Å². The summed E-state index contributed by atoms with van der Waals surface area (Å²) in [5, 5.41) is -0.237. The van der Waals surface area contributed by atoms with E-state index in [1.54, 1.807) is 0 Å². The number of sulfonamides is 4. The Morgan fingerprint density at radius 1 is 0.331 bits per heavy atom. The van der Waals surface area contributed by atoms with E-state index >= 15 is 0 Å². The number of sulfone groups is 4. The Morgan fingerprint density at radius 2 is 0.576 bits per heavy atom. The second-order valence-corrected chi connectivity index (χ2v) is 49.5. The van der Waals surface area contributed by atoms with E-state index < -0.39 is 292 Å². The number of fused-ring (bicyclic) bond motifs is 20. The van der Waals surface area contributed by atoms with Crippen LogP contribution in [0.25, 0.3) is 89.7 Å². The van der Waals surface area contributed by atoms with Crippen molar-refractivity contribution >= 4 is 171 Å². The van der Waals surface area contributed by atoms with E-state index in [-0.39, 0.29) is 116 Å². The van der Waals surface area contributed by atoms with E-state index in [1.807, 2.05) is 27.7 Å². The number of benzene rings is 4. The average molecular weight is 2140 g/mol. The largest absolute Gasteiger partial charge is 2.00 e. The zero-order chi connectivity index (χ0) is 102. The van der Waals surface area contributed by atoms with Gasteiger partial charge >= 0.3 is 64.8 Å². The van der Waals surface area contributed by atoms with Crippen LogP contribution in [-0.2, 0) is 173 Å². The molecule has 0 N–H and O–H groups in total. The minimum atomic E-state index is -4.57. The van der Waals surface area contributed by atoms with Gasteiger partial charge in [0.2, 0.25) is 40.1 Å². The molecule has 2 aliphatic heterocycles. The molecule has 4 unspecified atom stereocenters. The van der Waals surface area contributed by atoms with Crippen molar-refractivity contribution < 1.29 is 161 Å². The number of hydrogen-bond acceptors (Lipinski definition) is 38. The second kappa shape index (κ2) is 49.4. The molecule has 4 atom stereocenters. The Bertz CT molecular complexity index is 6680. The molecule has 0 saturated heterocycles. The fourth-order valence-electron chi connectivity index (χ4n) is 14.2. The van der Waals surface area contributed by atoms with E-state index in [4.69, 9.17) is 77.8 Å². The third-order valence-corrected chi connectivity index (χ3v) is 36.7. The summed E-state index contributed by atoms with van der Waals surface area (Å²) in [6, 6.07) is 14.1. The van der Waals surface area contributed by atoms with E-state index in [0.717, 1.165) is 98.1 Å². The number of carbonyl (C=O) groups excluding carboxylic acids is 8. The number of esters is 8. The van der Waals surface area contributed by atoms with Crippen LogP contribution in [0.2, 0.25) is 0 Å². The SMILES string of the molecule is C=CCOC(=O)C(CCCC)OC(=O)CN(C)S(=O)(=O)CCCS(=O)(=O)c1ccc2c3nc4nc(nc5[n-]c(nc6nc(nc([n-]3)c2c1)-c1cc(S(=O)(=O)CCCS(=O)(=O)N(C)CC(=O)OC(CCCC)C(=O)OC)ccc1-6)c1ccc(S(=O)(=O)CCCS(=O)(=O)N(C)CC(=O)OC(CCCC)C(=O)OC)cc51)-c1cc(S(=O)(=O)CCCS(=O)(=O)N(C)CC(=O)OC(CCCC)C(=O)OC)ccc1-4.[Cu+2]. The van der Waals surface area contributed by atoms with Gasteiger partial charge in [0.05, 0.1) is 110 Å². The topological polar surface area (TPSA) is 602 Å². The third kappa shape index (κ3) is 29.9. The molecule has 4 aromatic carbocycles. The van der Waals surface area contributed by atoms with Gasteiger partial charge in [-0.2, -0.15) is 17.2 Å². The molecule has 0 saturated carbocycles. The summed E-state index contributed by atoms with van der Waals surface area (Å²) in [5.74, 6) is -16.0. The molecule has 5 heterocycles. The summed E-state index contributed by atoms with van der Waals surface area (Å²) in [7, 11) is -28.5. The van der Waals surface area contributed by atoms with Crippen LogP contribution in [0.4, 0.5) is 0 Å². The van der Waals surface area contributed by atoms with Gasteiger partial charge in [-0.25, -0.2) is 96.5 Å². The standard InChI is InChI=1S/C86H110N12O32S8.Cu/c1-13-18-26-67(83(103)123-10)127-71(99)51-95(6)135(115,116)43-22-39-131(107,108)55-30-34-59-63(47-55)79-89-75(59)87-76-61-36-32-57(133(111,112)41-24-45-137(119,120)97(8)53-73(101)129-69(28-20-15-3)85(105)125-12)49-65(61)81(91-76)94-82-66-50-58(134(113,114)42-25-46-138(121,122)98(9)54-74(102)130-70(29-21-16-4)86(106)126-38-17-5)33-37-62(66)78(92-82)88-77-60-35-31-56(48-64(60)80(90-77)93-79)132(109,110)40-23-44-136(117,118)96(7)52-72(100)128-68(27-19-14-2)84(104)124-11;/h17,30-37,47-50,67-70H,5,13-16,18-29,38-46,51-54H2,1-4,6-12H3;/q-2;+2. The van der Waals surface area contributed by atoms with E-state index in [9.17, 15) is 106 Å². The smallest absolute Gasteiger partial charge is 0.466 e. The van der Waals surface area contributed by atoms with Crippen LogP contribution in [0, 0.1) is 0 Å². The Morgan fingerprint density at radius 3 is 0.835 bits per heavy atom. The summed E-state index contributed by atoms with van der Waals surface area (Å²) in [4.78, 5) is 139. The van der Waals surface area contributed by atoms with Gasteiger partial charge in [-0.3, -0.25) is 19.2 Å². The summed E-state index contributed by atoms with van der Waals surface area (Å²) in [5.41, 5.74) is -1.63. The average Bonchev–Trinajstić information content (AvgIpc) is 1.59. The molecule has 44 nitrogen and oxygen atoms in total. The molecule has 53 heteroatoms. The maximum atomic E-state index is 14.7. The Labute approximate surface area is 816 Å². The van der Waals surface area contributed by atoms with Crippen LogP contribution in [0.1, 0.15) is 130 Å². The second-order valence-electron chi connectivity index (χ2n) is 32.3. The minimum absolute atomic E-state index is 0. The predicted octanol–water partition coefficient (Wildman–Crippen LogP) is 5.48. The molecular formula is C86H110CuN12O32S8. The van der Waals surface area contributed by atoms with E-state index in [0.29, 0.717) is 68.6 Å². The van der Waals surface area contributed by atoms with Gasteiger partial charge in [0.15, 0.2) is 63.8 Å². The summed E-state index contributed by atoms with van der Waals surface area (Å²) >= 11 is 0. The van der Waals surface area contributed by atoms with Crippen molar-refractivity contribution in [2.24, 2.45) is 0 Å². The zero-order valence-corrected chi connectivity index (χ0v) is 85.5. The van der Waals surface area contributed by atoms with Gasteiger partial charge in [-0.15, -0.1) is 0 Å². The fourth-order valence-corrected chi connectivity index (χ4v) is 24.7. The van der Waals surface area contributed by atoms with Gasteiger partial charge in [0.25, 0.3) is 0 Å². The molecule has 1 radical (unpaired) electrons. The molecule has 8 bridgehead atoms. The van der Waals surface area contributed by atoms with Crippen LogP contribution in [0.5, 0.6) is 0 Å². The van der Waals surface area contributed by atoms with Crippen molar-refractivity contribution in [3.8, 4) is 45.6 Å². The first kappa shape index (κ1) is 114. The van der Waals surface area contributed by atoms with Gasteiger partial charge < -0.3 is 67.8 Å². The molecule has 0 aliphatic carbocycles. The predicted molar refractivity (Wildman–Crippen MR) is 501 cm³/mol. The Balaban J connectivity index is 0.0000237. The quantitative estimate of drug-likeness (QED) is 0.0197. The number of carbonyl (C=O) groups is 8. The number of likely N-dealkylation sites (N-methyl/N-ethyl adjacent to an activating group) is 4. The number of rotatable bonds is 54. The Kier molecular flexibility index (Phi) is 40.5. The number of nitrogens with zero attached hydrogens (tertiary/aromatic N) is 12. The third-order valence-electron chi connectivity index (χ3n) is 22.0. The van der Waals surface area contributed by atoms with E-state index in [2.05, 4.69) is 6.58 Å². The van der Waals surface area contributed by atoms with Gasteiger partial charge in [0.1, 0.15) is 32.8 Å². The molecule has 0 amide bonds. The minimum Gasteiger partial charge on any atom is -0.466 e. The molecule has 9 rings (SSSR count). The van der Waals surface area contributed by atoms with Gasteiger partial charge in [0, 0.05) is 73.0 Å². The first-order valence-electron chi connectivity index (χ1n) is 43.7. The number of unbranched alkanes of at least 4 members (excludes halogenated alkanes) is 4. The summed E-state index contributed by atoms with van der Waals surface area (Å²) in [6.07, 6.45) is -1.75. The van der Waals surface area contributed by atoms with Gasteiger partial charge in [-0.1, -0.05) is 90.3 Å². The normalized spacial score (nSPS) is 13.5. The van der Waals surface area contributed by atoms with Crippen LogP contribution in [0.3, 0.4) is 0 Å². The monoisotopic (exact) mass is 2140 g/mol. The first-order valence-corrected chi connectivity index (χ1v) is 56.7. The van der Waals surface area contributed by atoms with E-state index in [1.165, 1.54) is 30.3 Å². The van der Waals surface area contributed by atoms with Crippen molar-refractivity contribution in [1.82, 2.24) is 57.1 Å². The van der Waals surface area contributed by atoms with Crippen molar-refractivity contribution in [3.63, 3.8) is 0 Å². The summed E-state index contributed by atoms with van der Waals surface area (Å²) in [6.45, 7) is 7.12.